The van der Waals surface area contributed by atoms with E-state index >= 15 is 0 Å². The molecule has 1 heterocycles. The number of urea groups is 1. The van der Waals surface area contributed by atoms with Crippen molar-refractivity contribution < 1.29 is 19.1 Å². The van der Waals surface area contributed by atoms with Crippen LogP contribution in [0, 0.1) is 6.92 Å². The molecule has 1 aliphatic rings. The predicted molar refractivity (Wildman–Crippen MR) is 107 cm³/mol. The molecule has 3 rings (SSSR count). The third-order valence-electron chi connectivity index (χ3n) is 4.84. The fraction of sp³-hybridized carbons (Fsp3) is 0.364. The number of benzene rings is 2. The minimum atomic E-state index is -0.398. The Bertz CT molecular complexity index is 817. The second-order valence-corrected chi connectivity index (χ2v) is 6.95. The summed E-state index contributed by atoms with van der Waals surface area (Å²) >= 11 is 0. The van der Waals surface area contributed by atoms with E-state index in [9.17, 15) is 9.59 Å². The minimum absolute atomic E-state index is 0.0669. The molecular weight excluding hydrogens is 356 g/mol. The number of carbonyl (C=O) groups excluding carboxylic acids is 2. The molecule has 2 amide bonds. The van der Waals surface area contributed by atoms with E-state index in [2.05, 4.69) is 5.32 Å². The van der Waals surface area contributed by atoms with E-state index in [1.54, 1.807) is 23.1 Å². The third-order valence-corrected chi connectivity index (χ3v) is 4.84. The van der Waals surface area contributed by atoms with Crippen molar-refractivity contribution >= 4 is 17.7 Å². The average Bonchev–Trinajstić information content (AvgIpc) is 3.22. The Morgan fingerprint density at radius 3 is 2.64 bits per heavy atom. The van der Waals surface area contributed by atoms with Gasteiger partial charge in [-0.05, 0) is 49.1 Å². The Balaban J connectivity index is 1.73. The first-order valence-corrected chi connectivity index (χ1v) is 9.47. The summed E-state index contributed by atoms with van der Waals surface area (Å²) < 4.78 is 10.5. The molecule has 0 aliphatic carbocycles. The summed E-state index contributed by atoms with van der Waals surface area (Å²) in [5.41, 5.74) is 2.99. The number of nitrogens with zero attached hydrogens (tertiary/aromatic N) is 1. The first-order valence-electron chi connectivity index (χ1n) is 9.47. The number of hydrogen-bond donors (Lipinski definition) is 1. The number of anilines is 1. The molecule has 0 radical (unpaired) electrons. The molecule has 2 aromatic carbocycles. The molecule has 148 valence electrons. The molecule has 0 bridgehead atoms. The summed E-state index contributed by atoms with van der Waals surface area (Å²) in [7, 11) is 1.35. The Morgan fingerprint density at radius 1 is 1.21 bits per heavy atom. The molecule has 1 fully saturated rings. The minimum Gasteiger partial charge on any atom is -0.465 e. The number of nitrogens with one attached hydrogen (secondary N) is 1. The van der Waals surface area contributed by atoms with Crippen LogP contribution in [0.4, 0.5) is 10.5 Å². The van der Waals surface area contributed by atoms with Gasteiger partial charge in [-0.15, -0.1) is 0 Å². The zero-order chi connectivity index (χ0) is 19.9. The van der Waals surface area contributed by atoms with Crippen molar-refractivity contribution in [2.75, 3.05) is 25.6 Å². The van der Waals surface area contributed by atoms with E-state index in [1.165, 1.54) is 7.11 Å². The van der Waals surface area contributed by atoms with Gasteiger partial charge in [-0.3, -0.25) is 0 Å². The second kappa shape index (κ2) is 9.37. The highest BCUT2D eigenvalue weighted by molar-refractivity contribution is 5.93. The molecule has 1 N–H and O–H groups in total. The van der Waals surface area contributed by atoms with Gasteiger partial charge in [-0.25, -0.2) is 9.59 Å². The third kappa shape index (κ3) is 5.10. The average molecular weight is 382 g/mol. The molecule has 0 aromatic heterocycles. The Morgan fingerprint density at radius 2 is 2.00 bits per heavy atom. The van der Waals surface area contributed by atoms with Crippen LogP contribution in [0.25, 0.3) is 0 Å². The van der Waals surface area contributed by atoms with Crippen LogP contribution in [0.2, 0.25) is 0 Å². The summed E-state index contributed by atoms with van der Waals surface area (Å²) in [6.07, 6.45) is 2.06. The van der Waals surface area contributed by atoms with Gasteiger partial charge in [-0.1, -0.05) is 30.3 Å². The predicted octanol–water partition coefficient (Wildman–Crippen LogP) is 3.99. The maximum Gasteiger partial charge on any atom is 0.337 e. The fourth-order valence-corrected chi connectivity index (χ4v) is 3.30. The SMILES string of the molecule is COC(=O)c1ccc(NC(=O)N(Cc2ccccc2)CC2CCCO2)c(C)c1. The molecule has 1 atom stereocenters. The van der Waals surface area contributed by atoms with Crippen LogP contribution in [0.15, 0.2) is 48.5 Å². The van der Waals surface area contributed by atoms with Gasteiger partial charge in [-0.2, -0.15) is 0 Å². The summed E-state index contributed by atoms with van der Waals surface area (Å²) in [5, 5.41) is 2.97. The number of methoxy groups -OCH3 is 1. The van der Waals surface area contributed by atoms with Crippen molar-refractivity contribution in [3.8, 4) is 0 Å². The molecule has 6 nitrogen and oxygen atoms in total. The van der Waals surface area contributed by atoms with Gasteiger partial charge in [0.05, 0.1) is 18.8 Å². The zero-order valence-electron chi connectivity index (χ0n) is 16.3. The van der Waals surface area contributed by atoms with Crippen LogP contribution >= 0.6 is 0 Å². The molecule has 1 unspecified atom stereocenters. The quantitative estimate of drug-likeness (QED) is 0.767. The highest BCUT2D eigenvalue weighted by Gasteiger charge is 2.23. The van der Waals surface area contributed by atoms with E-state index in [-0.39, 0.29) is 12.1 Å². The van der Waals surface area contributed by atoms with Crippen LogP contribution in [0.5, 0.6) is 0 Å². The lowest BCUT2D eigenvalue weighted by atomic mass is 10.1. The maximum atomic E-state index is 13.0. The lowest BCUT2D eigenvalue weighted by Gasteiger charge is -2.26. The van der Waals surface area contributed by atoms with Gasteiger partial charge in [0, 0.05) is 25.4 Å². The van der Waals surface area contributed by atoms with Crippen LogP contribution < -0.4 is 5.32 Å². The standard InChI is InChI=1S/C22H26N2O4/c1-16-13-18(21(25)27-2)10-11-20(16)23-22(26)24(15-19-9-6-12-28-19)14-17-7-4-3-5-8-17/h3-5,7-8,10-11,13,19H,6,9,12,14-15H2,1-2H3,(H,23,26). The first-order chi connectivity index (χ1) is 13.6. The molecule has 0 spiro atoms. The molecule has 28 heavy (non-hydrogen) atoms. The largest absolute Gasteiger partial charge is 0.465 e. The van der Waals surface area contributed by atoms with E-state index in [0.717, 1.165) is 30.6 Å². The number of ether oxygens (including phenoxy) is 2. The van der Waals surface area contributed by atoms with Gasteiger partial charge < -0.3 is 19.7 Å². The van der Waals surface area contributed by atoms with E-state index < -0.39 is 5.97 Å². The Labute approximate surface area is 165 Å². The number of aryl methyl sites for hydroxylation is 1. The van der Waals surface area contributed by atoms with Crippen LogP contribution in [-0.4, -0.2) is 43.3 Å². The Kier molecular flexibility index (Phi) is 6.66. The molecule has 1 aliphatic heterocycles. The van der Waals surface area contributed by atoms with Crippen LogP contribution in [-0.2, 0) is 16.0 Å². The monoisotopic (exact) mass is 382 g/mol. The normalized spacial score (nSPS) is 15.9. The highest BCUT2D eigenvalue weighted by Crippen LogP contribution is 2.20. The van der Waals surface area contributed by atoms with Gasteiger partial charge in [0.15, 0.2) is 0 Å². The first kappa shape index (κ1) is 19.9. The zero-order valence-corrected chi connectivity index (χ0v) is 16.3. The lowest BCUT2D eigenvalue weighted by Crippen LogP contribution is -2.39. The topological polar surface area (TPSA) is 67.9 Å². The smallest absolute Gasteiger partial charge is 0.337 e. The van der Waals surface area contributed by atoms with Crippen molar-refractivity contribution in [2.45, 2.75) is 32.4 Å². The number of esters is 1. The van der Waals surface area contributed by atoms with E-state index in [1.807, 2.05) is 37.3 Å². The fourth-order valence-electron chi connectivity index (χ4n) is 3.30. The molecule has 1 saturated heterocycles. The summed E-state index contributed by atoms with van der Waals surface area (Å²) in [6, 6.07) is 14.8. The lowest BCUT2D eigenvalue weighted by molar-refractivity contribution is 0.0600. The van der Waals surface area contributed by atoms with Crippen molar-refractivity contribution in [1.82, 2.24) is 4.90 Å². The van der Waals surface area contributed by atoms with Crippen molar-refractivity contribution in [1.29, 1.82) is 0 Å². The highest BCUT2D eigenvalue weighted by atomic mass is 16.5. The molecule has 6 heteroatoms. The molecule has 2 aromatic rings. The van der Waals surface area contributed by atoms with Crippen LogP contribution in [0.3, 0.4) is 0 Å². The van der Waals surface area contributed by atoms with Crippen molar-refractivity contribution in [3.05, 3.63) is 65.2 Å². The number of carbonyl (C=O) groups is 2. The van der Waals surface area contributed by atoms with Gasteiger partial charge in [0.2, 0.25) is 0 Å². The second-order valence-electron chi connectivity index (χ2n) is 6.95. The van der Waals surface area contributed by atoms with Gasteiger partial charge >= 0.3 is 12.0 Å². The van der Waals surface area contributed by atoms with Crippen LogP contribution in [0.1, 0.15) is 34.3 Å². The van der Waals surface area contributed by atoms with Crippen molar-refractivity contribution in [2.24, 2.45) is 0 Å². The van der Waals surface area contributed by atoms with E-state index in [0.29, 0.717) is 24.3 Å². The Hall–Kier alpha value is -2.86. The maximum absolute atomic E-state index is 13.0. The number of rotatable bonds is 6. The summed E-state index contributed by atoms with van der Waals surface area (Å²) in [6.45, 7) is 3.65. The van der Waals surface area contributed by atoms with Crippen molar-refractivity contribution in [3.63, 3.8) is 0 Å². The van der Waals surface area contributed by atoms with Gasteiger partial charge in [0.25, 0.3) is 0 Å². The molecular formula is C22H26N2O4. The van der Waals surface area contributed by atoms with E-state index in [4.69, 9.17) is 9.47 Å². The number of hydrogen-bond acceptors (Lipinski definition) is 4. The molecule has 0 saturated carbocycles. The summed E-state index contributed by atoms with van der Waals surface area (Å²) in [5.74, 6) is -0.398. The van der Waals surface area contributed by atoms with Gasteiger partial charge in [0.1, 0.15) is 0 Å². The summed E-state index contributed by atoms with van der Waals surface area (Å²) in [4.78, 5) is 26.4. The number of amides is 2.